The number of nitrogens with two attached hydrogens (primary N) is 1. The van der Waals surface area contributed by atoms with Crippen molar-refractivity contribution in [3.8, 4) is 5.75 Å². The van der Waals surface area contributed by atoms with Crippen LogP contribution in [-0.4, -0.2) is 39.4 Å². The Labute approximate surface area is 182 Å². The molecule has 11 heteroatoms. The van der Waals surface area contributed by atoms with Crippen LogP contribution in [0.4, 0.5) is 10.3 Å². The summed E-state index contributed by atoms with van der Waals surface area (Å²) >= 11 is 1.15. The van der Waals surface area contributed by atoms with Crippen molar-refractivity contribution in [3.63, 3.8) is 0 Å². The van der Waals surface area contributed by atoms with Crippen LogP contribution in [-0.2, 0) is 11.3 Å². The molecule has 3 rings (SSSR count). The molecule has 0 fully saturated rings. The van der Waals surface area contributed by atoms with Crippen LogP contribution in [0.1, 0.15) is 18.1 Å². The monoisotopic (exact) mass is 443 g/mol. The van der Waals surface area contributed by atoms with Crippen LogP contribution >= 0.6 is 11.8 Å². The molecule has 4 N–H and O–H groups in total. The number of nitrogens with zero attached hydrogens (tertiary/aromatic N) is 4. The van der Waals surface area contributed by atoms with Crippen molar-refractivity contribution in [1.82, 2.24) is 20.2 Å². The zero-order valence-electron chi connectivity index (χ0n) is 17.0. The van der Waals surface area contributed by atoms with E-state index in [1.54, 1.807) is 26.2 Å². The molecule has 0 atom stereocenters. The van der Waals surface area contributed by atoms with E-state index in [0.717, 1.165) is 28.6 Å². The van der Waals surface area contributed by atoms with Crippen LogP contribution in [0.15, 0.2) is 58.8 Å². The second kappa shape index (κ2) is 10.4. The highest BCUT2D eigenvalue weighted by atomic mass is 32.2. The first kappa shape index (κ1) is 22.1. The molecular formula is C20H22FN7O2S. The van der Waals surface area contributed by atoms with Crippen molar-refractivity contribution in [1.29, 1.82) is 0 Å². The Kier molecular flexibility index (Phi) is 7.44. The fourth-order valence-corrected chi connectivity index (χ4v) is 3.15. The van der Waals surface area contributed by atoms with Gasteiger partial charge in [0.1, 0.15) is 11.6 Å². The Bertz CT molecular complexity index is 1050. The number of methoxy groups -OCH3 is 1. The van der Waals surface area contributed by atoms with Gasteiger partial charge in [0.25, 0.3) is 5.95 Å². The first-order valence-corrected chi connectivity index (χ1v) is 10.2. The van der Waals surface area contributed by atoms with E-state index in [-0.39, 0.29) is 23.4 Å². The molecule has 0 aliphatic carbocycles. The average Bonchev–Trinajstić information content (AvgIpc) is 3.14. The maximum absolute atomic E-state index is 13.0. The third-order valence-corrected chi connectivity index (χ3v) is 5.17. The predicted octanol–water partition coefficient (Wildman–Crippen LogP) is 2.38. The minimum Gasteiger partial charge on any atom is -0.497 e. The molecule has 0 spiro atoms. The normalized spacial score (nSPS) is 11.3. The van der Waals surface area contributed by atoms with Gasteiger partial charge in [-0.1, -0.05) is 36.0 Å². The van der Waals surface area contributed by atoms with Gasteiger partial charge in [0.2, 0.25) is 11.1 Å². The number of benzene rings is 2. The maximum Gasteiger partial charge on any atom is 0.264 e. The molecule has 162 valence electrons. The summed E-state index contributed by atoms with van der Waals surface area (Å²) in [5.74, 6) is 6.59. The fraction of sp³-hybridized carbons (Fsp3) is 0.200. The minimum atomic E-state index is -0.319. The van der Waals surface area contributed by atoms with Crippen molar-refractivity contribution in [2.45, 2.75) is 18.6 Å². The summed E-state index contributed by atoms with van der Waals surface area (Å²) in [5.41, 5.74) is 5.06. The third kappa shape index (κ3) is 6.19. The Morgan fingerprint density at radius 2 is 1.90 bits per heavy atom. The number of thioether (sulfide) groups is 1. The molecule has 1 aromatic heterocycles. The highest BCUT2D eigenvalue weighted by Crippen LogP contribution is 2.17. The summed E-state index contributed by atoms with van der Waals surface area (Å²) in [6, 6.07) is 13.4. The molecule has 0 radical (unpaired) electrons. The Hall–Kier alpha value is -3.60. The molecule has 0 saturated carbocycles. The molecule has 0 aliphatic rings. The highest BCUT2D eigenvalue weighted by molar-refractivity contribution is 7.99. The quantitative estimate of drug-likeness (QED) is 0.201. The topological polar surface area (TPSA) is 119 Å². The lowest BCUT2D eigenvalue weighted by atomic mass is 10.1. The standard InChI is InChI=1S/C20H22FN7O2S/c1-13(15-5-7-16(21)8-6-15)24-25-19-26-27-20(28(19)22)31-12-18(29)23-11-14-3-9-17(30-2)10-4-14/h3-10H,11-12,22H2,1-2H3,(H,23,29)(H,25,26)/b24-13+. The number of halogens is 1. The van der Waals surface area contributed by atoms with Crippen molar-refractivity contribution in [3.05, 3.63) is 65.5 Å². The number of carbonyl (C=O) groups is 1. The Morgan fingerprint density at radius 3 is 2.58 bits per heavy atom. The highest BCUT2D eigenvalue weighted by Gasteiger charge is 2.12. The summed E-state index contributed by atoms with van der Waals surface area (Å²) in [5, 5.41) is 15.3. The van der Waals surface area contributed by atoms with Gasteiger partial charge in [-0.15, -0.1) is 10.2 Å². The number of nitrogens with one attached hydrogen (secondary N) is 2. The number of carbonyl (C=O) groups excluding carboxylic acids is 1. The predicted molar refractivity (Wildman–Crippen MR) is 118 cm³/mol. The van der Waals surface area contributed by atoms with E-state index in [1.807, 2.05) is 24.3 Å². The van der Waals surface area contributed by atoms with Gasteiger partial charge in [-0.3, -0.25) is 4.79 Å². The Morgan fingerprint density at radius 1 is 1.19 bits per heavy atom. The van der Waals surface area contributed by atoms with E-state index in [9.17, 15) is 9.18 Å². The van der Waals surface area contributed by atoms with Gasteiger partial charge in [-0.2, -0.15) is 5.10 Å². The fourth-order valence-electron chi connectivity index (χ4n) is 2.47. The lowest BCUT2D eigenvalue weighted by Gasteiger charge is -2.06. The smallest absolute Gasteiger partial charge is 0.264 e. The summed E-state index contributed by atoms with van der Waals surface area (Å²) in [6.07, 6.45) is 0. The number of amides is 1. The molecule has 2 aromatic carbocycles. The average molecular weight is 444 g/mol. The Balaban J connectivity index is 1.49. The number of hydrogen-bond donors (Lipinski definition) is 3. The van der Waals surface area contributed by atoms with Crippen LogP contribution in [0.2, 0.25) is 0 Å². The summed E-state index contributed by atoms with van der Waals surface area (Å²) in [7, 11) is 1.60. The number of nitrogen functional groups attached to an aromatic ring is 1. The van der Waals surface area contributed by atoms with Gasteiger partial charge in [0, 0.05) is 6.54 Å². The van der Waals surface area contributed by atoms with Crippen molar-refractivity contribution in [2.24, 2.45) is 5.10 Å². The van der Waals surface area contributed by atoms with Gasteiger partial charge in [-0.25, -0.2) is 14.5 Å². The van der Waals surface area contributed by atoms with Crippen LogP contribution in [0.5, 0.6) is 5.75 Å². The molecule has 3 aromatic rings. The van der Waals surface area contributed by atoms with Gasteiger partial charge >= 0.3 is 0 Å². The number of aromatic nitrogens is 3. The number of anilines is 1. The van der Waals surface area contributed by atoms with Gasteiger partial charge in [0.15, 0.2) is 0 Å². The van der Waals surface area contributed by atoms with Gasteiger partial charge in [-0.05, 0) is 42.3 Å². The number of rotatable bonds is 9. The molecular weight excluding hydrogens is 421 g/mol. The van der Waals surface area contributed by atoms with E-state index in [0.29, 0.717) is 17.4 Å². The van der Waals surface area contributed by atoms with Gasteiger partial charge < -0.3 is 15.9 Å². The second-order valence-corrected chi connectivity index (χ2v) is 7.35. The number of ether oxygens (including phenoxy) is 1. The van der Waals surface area contributed by atoms with E-state index in [2.05, 4.69) is 26.0 Å². The van der Waals surface area contributed by atoms with E-state index in [4.69, 9.17) is 10.6 Å². The van der Waals surface area contributed by atoms with E-state index in [1.165, 1.54) is 16.8 Å². The first-order chi connectivity index (χ1) is 15.0. The van der Waals surface area contributed by atoms with Crippen LogP contribution < -0.4 is 21.3 Å². The van der Waals surface area contributed by atoms with Crippen molar-refractivity contribution in [2.75, 3.05) is 24.1 Å². The number of hydrogen-bond acceptors (Lipinski definition) is 8. The van der Waals surface area contributed by atoms with E-state index >= 15 is 0 Å². The summed E-state index contributed by atoms with van der Waals surface area (Å²) < 4.78 is 19.3. The van der Waals surface area contributed by atoms with Crippen LogP contribution in [0.3, 0.4) is 0 Å². The van der Waals surface area contributed by atoms with Crippen molar-refractivity contribution >= 4 is 29.3 Å². The van der Waals surface area contributed by atoms with Crippen LogP contribution in [0, 0.1) is 5.82 Å². The molecule has 0 unspecified atom stereocenters. The summed E-state index contributed by atoms with van der Waals surface area (Å²) in [6.45, 7) is 2.17. The molecule has 9 nitrogen and oxygen atoms in total. The zero-order chi connectivity index (χ0) is 22.2. The molecule has 31 heavy (non-hydrogen) atoms. The zero-order valence-corrected chi connectivity index (χ0v) is 17.8. The third-order valence-electron chi connectivity index (χ3n) is 4.23. The molecule has 0 bridgehead atoms. The minimum absolute atomic E-state index is 0.128. The lowest BCUT2D eigenvalue weighted by Crippen LogP contribution is -2.25. The lowest BCUT2D eigenvalue weighted by molar-refractivity contribution is -0.118. The van der Waals surface area contributed by atoms with E-state index < -0.39 is 0 Å². The van der Waals surface area contributed by atoms with Crippen molar-refractivity contribution < 1.29 is 13.9 Å². The SMILES string of the molecule is COc1ccc(CNC(=O)CSc2nnc(N/N=C(\C)c3ccc(F)cc3)n2N)cc1. The summed E-state index contributed by atoms with van der Waals surface area (Å²) in [4.78, 5) is 12.1. The van der Waals surface area contributed by atoms with Gasteiger partial charge in [0.05, 0.1) is 18.6 Å². The largest absolute Gasteiger partial charge is 0.497 e. The molecule has 0 aliphatic heterocycles. The van der Waals surface area contributed by atoms with Crippen LogP contribution in [0.25, 0.3) is 0 Å². The second-order valence-electron chi connectivity index (χ2n) is 6.41. The first-order valence-electron chi connectivity index (χ1n) is 9.25. The molecule has 1 heterocycles. The molecule has 0 saturated heterocycles. The molecule has 1 amide bonds. The number of hydrazone groups is 1. The maximum atomic E-state index is 13.0.